The molecule has 53 heavy (non-hydrogen) atoms. The van der Waals surface area contributed by atoms with E-state index in [4.69, 9.17) is 9.98 Å². The Balaban J connectivity index is 1.10. The summed E-state index contributed by atoms with van der Waals surface area (Å²) in [5.41, 5.74) is 11.3. The van der Waals surface area contributed by atoms with Gasteiger partial charge in [-0.15, -0.1) is 0 Å². The molecule has 0 fully saturated rings. The molecular formula is C48H35N5. The molecule has 0 saturated heterocycles. The molecule has 5 nitrogen and oxygen atoms in total. The molecule has 0 saturated carbocycles. The summed E-state index contributed by atoms with van der Waals surface area (Å²) < 4.78 is 4.70. The van der Waals surface area contributed by atoms with Gasteiger partial charge in [-0.05, 0) is 59.2 Å². The molecule has 0 N–H and O–H groups in total. The third kappa shape index (κ3) is 5.25. The Morgan fingerprint density at radius 2 is 1.13 bits per heavy atom. The second-order valence-electron chi connectivity index (χ2n) is 13.5. The van der Waals surface area contributed by atoms with Gasteiger partial charge in [0.2, 0.25) is 0 Å². The number of aliphatic imine (C=N–C) groups is 2. The zero-order valence-corrected chi connectivity index (χ0v) is 29.2. The molecule has 3 heterocycles. The van der Waals surface area contributed by atoms with E-state index in [9.17, 15) is 0 Å². The highest BCUT2D eigenvalue weighted by molar-refractivity contribution is 6.18. The first kappa shape index (κ1) is 30.8. The predicted molar refractivity (Wildman–Crippen MR) is 220 cm³/mol. The van der Waals surface area contributed by atoms with Crippen LogP contribution in [0.3, 0.4) is 0 Å². The molecular weight excluding hydrogens is 647 g/mol. The van der Waals surface area contributed by atoms with E-state index in [2.05, 4.69) is 197 Å². The summed E-state index contributed by atoms with van der Waals surface area (Å²) in [7, 11) is 2.07. The second-order valence-corrected chi connectivity index (χ2v) is 13.5. The average molecular weight is 682 g/mol. The van der Waals surface area contributed by atoms with Crippen molar-refractivity contribution in [3.63, 3.8) is 0 Å². The highest BCUT2D eigenvalue weighted by atomic mass is 15.3. The van der Waals surface area contributed by atoms with E-state index in [-0.39, 0.29) is 6.17 Å². The highest BCUT2D eigenvalue weighted by Crippen LogP contribution is 2.38. The first-order valence-electron chi connectivity index (χ1n) is 18.0. The van der Waals surface area contributed by atoms with Gasteiger partial charge in [-0.1, -0.05) is 140 Å². The van der Waals surface area contributed by atoms with E-state index >= 15 is 0 Å². The Bertz CT molecular complexity index is 2830. The fraction of sp³-hybridized carbons (Fsp3) is 0.0417. The van der Waals surface area contributed by atoms with Crippen LogP contribution in [0.2, 0.25) is 0 Å². The zero-order chi connectivity index (χ0) is 35.3. The smallest absolute Gasteiger partial charge is 0.159 e. The molecule has 7 aromatic carbocycles. The van der Waals surface area contributed by atoms with E-state index < -0.39 is 0 Å². The van der Waals surface area contributed by atoms with Crippen LogP contribution in [-0.4, -0.2) is 32.8 Å². The van der Waals surface area contributed by atoms with Crippen molar-refractivity contribution in [1.82, 2.24) is 14.0 Å². The van der Waals surface area contributed by atoms with Crippen molar-refractivity contribution < 1.29 is 0 Å². The lowest BCUT2D eigenvalue weighted by Crippen LogP contribution is -2.35. The molecule has 0 aliphatic carbocycles. The third-order valence-electron chi connectivity index (χ3n) is 10.4. The minimum atomic E-state index is -0.202. The monoisotopic (exact) mass is 681 g/mol. The van der Waals surface area contributed by atoms with E-state index in [0.717, 1.165) is 45.3 Å². The molecule has 0 radical (unpaired) electrons. The lowest BCUT2D eigenvalue weighted by atomic mass is 10.1. The third-order valence-corrected chi connectivity index (χ3v) is 10.4. The van der Waals surface area contributed by atoms with Crippen LogP contribution in [0.15, 0.2) is 198 Å². The molecule has 1 atom stereocenters. The van der Waals surface area contributed by atoms with Crippen LogP contribution in [0.25, 0.3) is 55.2 Å². The minimum Gasteiger partial charge on any atom is -0.333 e. The van der Waals surface area contributed by atoms with Crippen LogP contribution < -0.4 is 0 Å². The van der Waals surface area contributed by atoms with Gasteiger partial charge in [0.05, 0.1) is 16.6 Å². The van der Waals surface area contributed by atoms with Gasteiger partial charge >= 0.3 is 0 Å². The highest BCUT2D eigenvalue weighted by Gasteiger charge is 2.27. The summed E-state index contributed by atoms with van der Waals surface area (Å²) in [6, 6.07) is 64.4. The number of para-hydroxylation sites is 1. The average Bonchev–Trinajstić information content (AvgIpc) is 3.82. The fourth-order valence-electron chi connectivity index (χ4n) is 7.84. The van der Waals surface area contributed by atoms with Crippen LogP contribution >= 0.6 is 0 Å². The Labute approximate surface area is 308 Å². The Morgan fingerprint density at radius 1 is 0.472 bits per heavy atom. The number of hydrogen-bond donors (Lipinski definition) is 0. The molecule has 10 rings (SSSR count). The van der Waals surface area contributed by atoms with Crippen LogP contribution in [0.4, 0.5) is 0 Å². The summed E-state index contributed by atoms with van der Waals surface area (Å²) in [6.07, 6.45) is 1.98. The Morgan fingerprint density at radius 3 is 1.91 bits per heavy atom. The van der Waals surface area contributed by atoms with Gasteiger partial charge in [0, 0.05) is 51.9 Å². The van der Waals surface area contributed by atoms with Gasteiger partial charge in [-0.3, -0.25) is 0 Å². The van der Waals surface area contributed by atoms with Gasteiger partial charge in [0.1, 0.15) is 12.0 Å². The summed E-state index contributed by atoms with van der Waals surface area (Å²) in [5.74, 6) is 1.61. The molecule has 0 spiro atoms. The molecule has 0 amide bonds. The van der Waals surface area contributed by atoms with Gasteiger partial charge in [-0.2, -0.15) is 0 Å². The Hall–Kier alpha value is -6.98. The van der Waals surface area contributed by atoms with Crippen molar-refractivity contribution in [3.8, 4) is 22.5 Å². The first-order chi connectivity index (χ1) is 26.2. The van der Waals surface area contributed by atoms with Gasteiger partial charge in [-0.25, -0.2) is 9.98 Å². The number of rotatable bonds is 6. The number of benzene rings is 7. The van der Waals surface area contributed by atoms with E-state index in [1.165, 1.54) is 38.3 Å². The minimum absolute atomic E-state index is 0.202. The van der Waals surface area contributed by atoms with Crippen molar-refractivity contribution in [1.29, 1.82) is 0 Å². The van der Waals surface area contributed by atoms with E-state index in [0.29, 0.717) is 0 Å². The summed E-state index contributed by atoms with van der Waals surface area (Å²) in [4.78, 5) is 12.6. The van der Waals surface area contributed by atoms with Crippen LogP contribution in [0.1, 0.15) is 22.9 Å². The van der Waals surface area contributed by atoms with Crippen molar-refractivity contribution in [2.45, 2.75) is 6.17 Å². The maximum Gasteiger partial charge on any atom is 0.159 e. The number of aromatic nitrogens is 2. The maximum atomic E-state index is 5.24. The maximum absolute atomic E-state index is 5.24. The fourth-order valence-corrected chi connectivity index (χ4v) is 7.84. The van der Waals surface area contributed by atoms with Crippen molar-refractivity contribution in [2.24, 2.45) is 9.98 Å². The van der Waals surface area contributed by atoms with E-state index in [1.807, 2.05) is 12.1 Å². The summed E-state index contributed by atoms with van der Waals surface area (Å²) >= 11 is 0. The number of amidine groups is 2. The lowest BCUT2D eigenvalue weighted by molar-refractivity contribution is 0.383. The normalized spacial score (nSPS) is 14.5. The van der Waals surface area contributed by atoms with Crippen LogP contribution in [-0.2, 0) is 0 Å². The summed E-state index contributed by atoms with van der Waals surface area (Å²) in [6.45, 7) is 0. The standard InChI is InChI=1S/C48H35N5/c1-51-47(35-16-7-3-8-17-35)49-46(50-48(51)36-18-9-4-10-19-36)37-20-13-21-39(32-37)52-31-30-42-43(52)29-28-41-40-22-11-12-23-44(40)53(45(41)42)38-26-24-34(25-27-38)33-14-5-2-6-15-33/h2-32,47H,1H3. The van der Waals surface area contributed by atoms with Crippen LogP contribution in [0.5, 0.6) is 0 Å². The van der Waals surface area contributed by atoms with Crippen molar-refractivity contribution in [3.05, 3.63) is 205 Å². The van der Waals surface area contributed by atoms with Crippen LogP contribution in [0, 0.1) is 0 Å². The topological polar surface area (TPSA) is 37.8 Å². The molecule has 0 bridgehead atoms. The van der Waals surface area contributed by atoms with E-state index in [1.54, 1.807) is 0 Å². The SMILES string of the molecule is CN1C(c2ccccc2)=NC(c2cccc(-n3ccc4c3ccc3c5ccccc5n(-c5ccc(-c6ccccc6)cc5)c34)c2)=NC1c1ccccc1. The van der Waals surface area contributed by atoms with Crippen molar-refractivity contribution >= 4 is 44.4 Å². The Kier molecular flexibility index (Phi) is 7.36. The predicted octanol–water partition coefficient (Wildman–Crippen LogP) is 11.2. The van der Waals surface area contributed by atoms with Gasteiger partial charge in [0.15, 0.2) is 5.84 Å². The van der Waals surface area contributed by atoms with Gasteiger partial charge < -0.3 is 14.0 Å². The molecule has 9 aromatic rings. The number of fused-ring (bicyclic) bond motifs is 5. The molecule has 2 aromatic heterocycles. The molecule has 1 aliphatic heterocycles. The largest absolute Gasteiger partial charge is 0.333 e. The zero-order valence-electron chi connectivity index (χ0n) is 29.2. The number of hydrogen-bond acceptors (Lipinski definition) is 3. The molecule has 5 heteroatoms. The molecule has 1 aliphatic rings. The van der Waals surface area contributed by atoms with Gasteiger partial charge in [0.25, 0.3) is 0 Å². The first-order valence-corrected chi connectivity index (χ1v) is 18.0. The molecule has 1 unspecified atom stereocenters. The van der Waals surface area contributed by atoms with Crippen molar-refractivity contribution in [2.75, 3.05) is 7.05 Å². The molecule has 252 valence electrons. The lowest BCUT2D eigenvalue weighted by Gasteiger charge is -2.32. The quantitative estimate of drug-likeness (QED) is 0.172. The second kappa shape index (κ2) is 12.7. The number of nitrogens with zero attached hydrogens (tertiary/aromatic N) is 5. The summed E-state index contributed by atoms with van der Waals surface area (Å²) in [5, 5.41) is 3.68.